The van der Waals surface area contributed by atoms with Crippen molar-refractivity contribution in [2.45, 2.75) is 31.8 Å². The van der Waals surface area contributed by atoms with Crippen LogP contribution in [0.1, 0.15) is 26.2 Å². The van der Waals surface area contributed by atoms with Crippen LogP contribution in [0.15, 0.2) is 0 Å². The minimum Gasteiger partial charge on any atom is -0.365 e. The molecule has 2 heterocycles. The molecule has 4 heteroatoms. The smallest absolute Gasteiger partial charge is 0.278 e. The van der Waals surface area contributed by atoms with E-state index in [1.54, 1.807) is 0 Å². The number of rotatable bonds is 1. The Balaban J connectivity index is 2.02. The third-order valence-corrected chi connectivity index (χ3v) is 2.65. The fraction of sp³-hybridized carbons (Fsp3) is 0.889. The van der Waals surface area contributed by atoms with Gasteiger partial charge in [-0.15, -0.1) is 0 Å². The Morgan fingerprint density at radius 3 is 2.77 bits per heavy atom. The molecule has 1 atom stereocenters. The number of ether oxygens (including phenoxy) is 1. The van der Waals surface area contributed by atoms with Crippen molar-refractivity contribution >= 4 is 5.91 Å². The van der Waals surface area contributed by atoms with E-state index in [-0.39, 0.29) is 5.91 Å². The van der Waals surface area contributed by atoms with Crippen LogP contribution >= 0.6 is 0 Å². The van der Waals surface area contributed by atoms with Crippen molar-refractivity contribution in [3.63, 3.8) is 0 Å². The first-order valence-electron chi connectivity index (χ1n) is 4.81. The lowest BCUT2D eigenvalue weighted by molar-refractivity contribution is -0.188. The normalized spacial score (nSPS) is 34.1. The van der Waals surface area contributed by atoms with Gasteiger partial charge in [-0.25, -0.2) is 5.06 Å². The molecule has 2 rings (SSSR count). The summed E-state index contributed by atoms with van der Waals surface area (Å²) in [5.74, 6) is -0.0116. The maximum absolute atomic E-state index is 11.8. The number of hydrogen-bond donors (Lipinski definition) is 0. The van der Waals surface area contributed by atoms with E-state index in [1.165, 1.54) is 5.06 Å². The summed E-state index contributed by atoms with van der Waals surface area (Å²) in [4.78, 5) is 17.0. The Kier molecular flexibility index (Phi) is 2.26. The lowest BCUT2D eigenvalue weighted by atomic mass is 10.0. The second-order valence-corrected chi connectivity index (χ2v) is 3.78. The van der Waals surface area contributed by atoms with Crippen LogP contribution in [0.4, 0.5) is 0 Å². The topological polar surface area (TPSA) is 38.8 Å². The minimum atomic E-state index is -0.621. The molecule has 4 nitrogen and oxygen atoms in total. The van der Waals surface area contributed by atoms with Gasteiger partial charge in [-0.05, 0) is 26.2 Å². The molecule has 0 aromatic rings. The maximum Gasteiger partial charge on any atom is 0.278 e. The van der Waals surface area contributed by atoms with Crippen LogP contribution < -0.4 is 0 Å². The second kappa shape index (κ2) is 3.27. The van der Waals surface area contributed by atoms with Crippen molar-refractivity contribution < 1.29 is 14.4 Å². The highest BCUT2D eigenvalue weighted by Crippen LogP contribution is 2.28. The van der Waals surface area contributed by atoms with Gasteiger partial charge in [0.2, 0.25) is 0 Å². The first-order valence-corrected chi connectivity index (χ1v) is 4.81. The molecular formula is C9H15NO3. The third-order valence-electron chi connectivity index (χ3n) is 2.65. The predicted octanol–water partition coefficient (Wildman–Crippen LogP) is 0.719. The van der Waals surface area contributed by atoms with Crippen LogP contribution in [0.3, 0.4) is 0 Å². The van der Waals surface area contributed by atoms with E-state index in [0.29, 0.717) is 19.8 Å². The zero-order valence-electron chi connectivity index (χ0n) is 7.91. The Morgan fingerprint density at radius 2 is 2.23 bits per heavy atom. The fourth-order valence-corrected chi connectivity index (χ4v) is 1.82. The zero-order chi connectivity index (χ0) is 9.31. The summed E-state index contributed by atoms with van der Waals surface area (Å²) >= 11 is 0. The van der Waals surface area contributed by atoms with Crippen molar-refractivity contribution in [2.24, 2.45) is 0 Å². The number of amides is 1. The molecule has 0 bridgehead atoms. The molecule has 0 aromatic heterocycles. The summed E-state index contributed by atoms with van der Waals surface area (Å²) in [5, 5.41) is 1.45. The molecule has 2 saturated heterocycles. The van der Waals surface area contributed by atoms with Crippen molar-refractivity contribution in [1.82, 2.24) is 5.06 Å². The Hall–Kier alpha value is -0.610. The standard InChI is InChI=1S/C9H15NO3/c1-9(4-2-6-12-9)8(11)10-5-3-7-13-10/h2-7H2,1H3. The van der Waals surface area contributed by atoms with Crippen LogP contribution in [0.5, 0.6) is 0 Å². The SMILES string of the molecule is CC1(C(=O)N2CCCO2)CCCO1. The summed E-state index contributed by atoms with van der Waals surface area (Å²) in [6, 6.07) is 0. The van der Waals surface area contributed by atoms with E-state index in [9.17, 15) is 4.79 Å². The molecule has 2 aliphatic rings. The minimum absolute atomic E-state index is 0.0116. The van der Waals surface area contributed by atoms with Gasteiger partial charge in [0.25, 0.3) is 5.91 Å². The average molecular weight is 185 g/mol. The Morgan fingerprint density at radius 1 is 1.38 bits per heavy atom. The summed E-state index contributed by atoms with van der Waals surface area (Å²) in [6.45, 7) is 3.90. The molecular weight excluding hydrogens is 170 g/mol. The van der Waals surface area contributed by atoms with E-state index >= 15 is 0 Å². The van der Waals surface area contributed by atoms with E-state index in [1.807, 2.05) is 6.92 Å². The lowest BCUT2D eigenvalue weighted by Crippen LogP contribution is -2.44. The monoisotopic (exact) mass is 185 g/mol. The zero-order valence-corrected chi connectivity index (χ0v) is 7.91. The summed E-state index contributed by atoms with van der Waals surface area (Å²) < 4.78 is 5.44. The second-order valence-electron chi connectivity index (χ2n) is 3.78. The highest BCUT2D eigenvalue weighted by atomic mass is 16.7. The van der Waals surface area contributed by atoms with Crippen molar-refractivity contribution in [3.8, 4) is 0 Å². The van der Waals surface area contributed by atoms with E-state index < -0.39 is 5.60 Å². The van der Waals surface area contributed by atoms with Gasteiger partial charge >= 0.3 is 0 Å². The summed E-state index contributed by atoms with van der Waals surface area (Å²) in [5.41, 5.74) is -0.621. The van der Waals surface area contributed by atoms with Gasteiger partial charge < -0.3 is 4.74 Å². The van der Waals surface area contributed by atoms with Crippen LogP contribution in [0, 0.1) is 0 Å². The highest BCUT2D eigenvalue weighted by molar-refractivity contribution is 5.84. The fourth-order valence-electron chi connectivity index (χ4n) is 1.82. The van der Waals surface area contributed by atoms with E-state index in [2.05, 4.69) is 0 Å². The van der Waals surface area contributed by atoms with Gasteiger partial charge in [0.05, 0.1) is 13.2 Å². The predicted molar refractivity (Wildman–Crippen MR) is 45.9 cm³/mol. The number of hydroxylamine groups is 2. The van der Waals surface area contributed by atoms with Crippen LogP contribution in [-0.4, -0.2) is 36.3 Å². The molecule has 1 amide bonds. The molecule has 2 fully saturated rings. The summed E-state index contributed by atoms with van der Waals surface area (Å²) in [7, 11) is 0. The summed E-state index contributed by atoms with van der Waals surface area (Å²) in [6.07, 6.45) is 2.71. The largest absolute Gasteiger partial charge is 0.365 e. The van der Waals surface area contributed by atoms with Gasteiger partial charge in [0, 0.05) is 6.61 Å². The number of nitrogens with zero attached hydrogens (tertiary/aromatic N) is 1. The number of hydrogen-bond acceptors (Lipinski definition) is 3. The van der Waals surface area contributed by atoms with Gasteiger partial charge in [-0.1, -0.05) is 0 Å². The average Bonchev–Trinajstić information content (AvgIpc) is 2.73. The van der Waals surface area contributed by atoms with Gasteiger partial charge in [0.1, 0.15) is 5.60 Å². The molecule has 0 N–H and O–H groups in total. The van der Waals surface area contributed by atoms with E-state index in [4.69, 9.17) is 9.57 Å². The van der Waals surface area contributed by atoms with Crippen LogP contribution in [0.2, 0.25) is 0 Å². The van der Waals surface area contributed by atoms with Crippen LogP contribution in [-0.2, 0) is 14.4 Å². The molecule has 1 unspecified atom stereocenters. The quantitative estimate of drug-likeness (QED) is 0.604. The molecule has 0 saturated carbocycles. The van der Waals surface area contributed by atoms with Gasteiger partial charge in [-0.2, -0.15) is 0 Å². The lowest BCUT2D eigenvalue weighted by Gasteiger charge is -2.26. The maximum atomic E-state index is 11.8. The van der Waals surface area contributed by atoms with Crippen molar-refractivity contribution in [1.29, 1.82) is 0 Å². The number of carbonyl (C=O) groups is 1. The van der Waals surface area contributed by atoms with Gasteiger partial charge in [-0.3, -0.25) is 9.63 Å². The first kappa shape index (κ1) is 8.97. The Labute approximate surface area is 77.7 Å². The van der Waals surface area contributed by atoms with Gasteiger partial charge in [0.15, 0.2) is 0 Å². The van der Waals surface area contributed by atoms with Crippen molar-refractivity contribution in [3.05, 3.63) is 0 Å². The molecule has 0 radical (unpaired) electrons. The van der Waals surface area contributed by atoms with Crippen LogP contribution in [0.25, 0.3) is 0 Å². The third kappa shape index (κ3) is 1.56. The molecule has 74 valence electrons. The Bertz CT molecular complexity index is 205. The number of carbonyl (C=O) groups excluding carboxylic acids is 1. The highest BCUT2D eigenvalue weighted by Gasteiger charge is 2.42. The molecule has 0 aromatic carbocycles. The van der Waals surface area contributed by atoms with Crippen molar-refractivity contribution in [2.75, 3.05) is 19.8 Å². The first-order chi connectivity index (χ1) is 6.22. The molecule has 0 spiro atoms. The molecule has 0 aliphatic carbocycles. The molecule has 13 heavy (non-hydrogen) atoms. The molecule has 2 aliphatic heterocycles. The van der Waals surface area contributed by atoms with E-state index in [0.717, 1.165) is 19.3 Å².